The Hall–Kier alpha value is -2.20. The van der Waals surface area contributed by atoms with Crippen LogP contribution in [0.25, 0.3) is 5.65 Å². The maximum atomic E-state index is 12.8. The van der Waals surface area contributed by atoms with E-state index in [0.29, 0.717) is 17.5 Å². The number of nitrogen functional groups attached to an aromatic ring is 1. The first kappa shape index (κ1) is 15.2. The largest absolute Gasteiger partial charge is 0.465 e. The fourth-order valence-electron chi connectivity index (χ4n) is 1.51. The molecule has 0 aliphatic rings. The molecule has 11 heteroatoms. The van der Waals surface area contributed by atoms with Crippen molar-refractivity contribution >= 4 is 11.6 Å². The highest BCUT2D eigenvalue weighted by molar-refractivity contribution is 5.53. The zero-order chi connectivity index (χ0) is 16.0. The van der Waals surface area contributed by atoms with Crippen LogP contribution in [-0.2, 0) is 6.18 Å². The molecule has 1 atom stereocenters. The van der Waals surface area contributed by atoms with Crippen molar-refractivity contribution in [3.05, 3.63) is 17.7 Å². The molecule has 5 nitrogen and oxygen atoms in total. The average molecular weight is 314 g/mol. The first-order chi connectivity index (χ1) is 9.50. The molecule has 0 bridgehead atoms. The highest BCUT2D eigenvalue weighted by Crippen LogP contribution is 2.34. The van der Waals surface area contributed by atoms with Crippen LogP contribution in [0.1, 0.15) is 12.5 Å². The number of hydrogen-bond acceptors (Lipinski definition) is 4. The molecule has 0 radical (unpaired) electrons. The van der Waals surface area contributed by atoms with Crippen molar-refractivity contribution in [3.8, 4) is 5.88 Å². The maximum Gasteiger partial charge on any atom is 0.425 e. The third-order valence-corrected chi connectivity index (χ3v) is 2.53. The fraction of sp³-hybridized carbons (Fsp3) is 0.400. The number of aromatic nitrogens is 3. The number of pyridine rings is 1. The van der Waals surface area contributed by atoms with Crippen LogP contribution >= 0.6 is 0 Å². The number of fused-ring (bicyclic) bond motifs is 1. The lowest BCUT2D eigenvalue weighted by atomic mass is 10.2. The first-order valence-corrected chi connectivity index (χ1v) is 5.46. The van der Waals surface area contributed by atoms with E-state index in [1.165, 1.54) is 0 Å². The lowest BCUT2D eigenvalue weighted by molar-refractivity contribution is -0.190. The van der Waals surface area contributed by atoms with E-state index < -0.39 is 41.5 Å². The third kappa shape index (κ3) is 2.95. The van der Waals surface area contributed by atoms with E-state index in [2.05, 4.69) is 14.8 Å². The highest BCUT2D eigenvalue weighted by atomic mass is 19.4. The van der Waals surface area contributed by atoms with Gasteiger partial charge in [0.1, 0.15) is 5.56 Å². The minimum Gasteiger partial charge on any atom is -0.465 e. The Morgan fingerprint density at radius 2 is 1.81 bits per heavy atom. The summed E-state index contributed by atoms with van der Waals surface area (Å²) in [5.41, 5.74) is 3.29. The van der Waals surface area contributed by atoms with Gasteiger partial charge < -0.3 is 10.5 Å². The molecular weight excluding hydrogens is 306 g/mol. The monoisotopic (exact) mass is 314 g/mol. The van der Waals surface area contributed by atoms with E-state index in [1.807, 2.05) is 0 Å². The number of halogens is 6. The molecule has 0 aliphatic carbocycles. The van der Waals surface area contributed by atoms with Gasteiger partial charge in [0.05, 0.1) is 0 Å². The third-order valence-electron chi connectivity index (χ3n) is 2.53. The van der Waals surface area contributed by atoms with E-state index in [-0.39, 0.29) is 0 Å². The van der Waals surface area contributed by atoms with Crippen LogP contribution in [0.3, 0.4) is 0 Å². The summed E-state index contributed by atoms with van der Waals surface area (Å²) in [5.74, 6) is -1.07. The van der Waals surface area contributed by atoms with E-state index >= 15 is 0 Å². The van der Waals surface area contributed by atoms with Crippen LogP contribution < -0.4 is 10.5 Å². The van der Waals surface area contributed by atoms with Crippen LogP contribution in [0.15, 0.2) is 12.1 Å². The second-order valence-electron chi connectivity index (χ2n) is 4.09. The molecule has 0 aromatic carbocycles. The fourth-order valence-corrected chi connectivity index (χ4v) is 1.51. The Bertz CT molecular complexity index is 662. The van der Waals surface area contributed by atoms with Gasteiger partial charge in [0.15, 0.2) is 11.8 Å². The molecule has 2 N–H and O–H groups in total. The zero-order valence-electron chi connectivity index (χ0n) is 10.3. The Labute approximate surface area is 113 Å². The number of rotatable bonds is 2. The lowest BCUT2D eigenvalue weighted by Crippen LogP contribution is -2.31. The van der Waals surface area contributed by atoms with Gasteiger partial charge in [0, 0.05) is 6.07 Å². The van der Waals surface area contributed by atoms with Crippen LogP contribution in [0.5, 0.6) is 5.88 Å². The second kappa shape index (κ2) is 4.67. The topological polar surface area (TPSA) is 65.4 Å². The van der Waals surface area contributed by atoms with Crippen molar-refractivity contribution in [3.63, 3.8) is 0 Å². The molecule has 0 amide bonds. The zero-order valence-corrected chi connectivity index (χ0v) is 10.3. The second-order valence-corrected chi connectivity index (χ2v) is 4.09. The lowest BCUT2D eigenvalue weighted by Gasteiger charge is -2.18. The predicted octanol–water partition coefficient (Wildman–Crippen LogP) is 2.66. The van der Waals surface area contributed by atoms with Crippen LogP contribution in [0.4, 0.5) is 32.3 Å². The minimum atomic E-state index is -4.76. The smallest absolute Gasteiger partial charge is 0.425 e. The van der Waals surface area contributed by atoms with Crippen molar-refractivity contribution in [1.29, 1.82) is 0 Å². The molecule has 0 saturated carbocycles. The summed E-state index contributed by atoms with van der Waals surface area (Å²) < 4.78 is 80.7. The van der Waals surface area contributed by atoms with E-state index in [4.69, 9.17) is 5.73 Å². The Morgan fingerprint density at radius 1 is 1.19 bits per heavy atom. The average Bonchev–Trinajstić information content (AvgIpc) is 2.67. The number of alkyl halides is 6. The van der Waals surface area contributed by atoms with Crippen LogP contribution in [-0.4, -0.2) is 26.9 Å². The van der Waals surface area contributed by atoms with Crippen LogP contribution in [0.2, 0.25) is 0 Å². The quantitative estimate of drug-likeness (QED) is 0.866. The molecular formula is C10H8F6N4O. The summed E-state index contributed by atoms with van der Waals surface area (Å²) in [6.45, 7) is 0.712. The number of anilines is 1. The van der Waals surface area contributed by atoms with Gasteiger partial charge in [0.2, 0.25) is 11.8 Å². The number of nitrogens with zero attached hydrogens (tertiary/aromatic N) is 3. The maximum absolute atomic E-state index is 12.8. The SMILES string of the molecule is CC(Oc1ccc(C(F)(F)F)c2nc(N)nn12)C(F)(F)F. The van der Waals surface area contributed by atoms with Gasteiger partial charge in [-0.25, -0.2) is 0 Å². The Kier molecular flexibility index (Phi) is 3.38. The molecule has 2 heterocycles. The normalized spacial score (nSPS) is 14.4. The van der Waals surface area contributed by atoms with Gasteiger partial charge in [0.25, 0.3) is 0 Å². The van der Waals surface area contributed by atoms with Crippen molar-refractivity contribution in [2.24, 2.45) is 0 Å². The molecule has 2 rings (SSSR count). The molecule has 0 aliphatic heterocycles. The first-order valence-electron chi connectivity index (χ1n) is 5.46. The molecule has 1 unspecified atom stereocenters. The van der Waals surface area contributed by atoms with Gasteiger partial charge >= 0.3 is 12.4 Å². The standard InChI is InChI=1S/C10H8F6N4O/c1-4(9(11,12)13)21-6-3-2-5(10(14,15)16)7-18-8(17)19-20(6)7/h2-4H,1H3,(H2,17,19). The van der Waals surface area contributed by atoms with Gasteiger partial charge in [-0.05, 0) is 13.0 Å². The minimum absolute atomic E-state index is 0.487. The summed E-state index contributed by atoms with van der Waals surface area (Å²) >= 11 is 0. The summed E-state index contributed by atoms with van der Waals surface area (Å²) in [6.07, 6.45) is -11.7. The Morgan fingerprint density at radius 3 is 2.33 bits per heavy atom. The number of nitrogens with two attached hydrogens (primary N) is 1. The van der Waals surface area contributed by atoms with Gasteiger partial charge in [-0.2, -0.15) is 35.8 Å². The van der Waals surface area contributed by atoms with E-state index in [1.54, 1.807) is 0 Å². The van der Waals surface area contributed by atoms with Crippen molar-refractivity contribution in [1.82, 2.24) is 14.6 Å². The molecule has 0 spiro atoms. The summed E-state index contributed by atoms with van der Waals surface area (Å²) in [4.78, 5) is 3.36. The summed E-state index contributed by atoms with van der Waals surface area (Å²) in [7, 11) is 0. The summed E-state index contributed by atoms with van der Waals surface area (Å²) in [6, 6.07) is 1.29. The predicted molar refractivity (Wildman–Crippen MR) is 58.5 cm³/mol. The van der Waals surface area contributed by atoms with E-state index in [9.17, 15) is 26.3 Å². The van der Waals surface area contributed by atoms with Crippen LogP contribution in [0, 0.1) is 0 Å². The molecule has 2 aromatic heterocycles. The van der Waals surface area contributed by atoms with E-state index in [0.717, 1.165) is 6.07 Å². The number of ether oxygens (including phenoxy) is 1. The highest BCUT2D eigenvalue weighted by Gasteiger charge is 2.39. The molecule has 21 heavy (non-hydrogen) atoms. The molecule has 116 valence electrons. The van der Waals surface area contributed by atoms with Crippen molar-refractivity contribution in [2.45, 2.75) is 25.4 Å². The van der Waals surface area contributed by atoms with Gasteiger partial charge in [-0.1, -0.05) is 0 Å². The van der Waals surface area contributed by atoms with Crippen molar-refractivity contribution < 1.29 is 31.1 Å². The number of hydrogen-bond donors (Lipinski definition) is 1. The van der Waals surface area contributed by atoms with Crippen molar-refractivity contribution in [2.75, 3.05) is 5.73 Å². The Balaban J connectivity index is 2.53. The van der Waals surface area contributed by atoms with Gasteiger partial charge in [-0.3, -0.25) is 0 Å². The molecule has 0 saturated heterocycles. The molecule has 0 fully saturated rings. The summed E-state index contributed by atoms with van der Waals surface area (Å²) in [5, 5.41) is 3.41. The van der Waals surface area contributed by atoms with Gasteiger partial charge in [-0.15, -0.1) is 5.10 Å². The molecule has 2 aromatic rings.